The number of benzene rings is 6. The Kier molecular flexibility index (Phi) is 28.2. The average Bonchev–Trinajstić information content (AvgIpc) is 1.72. The van der Waals surface area contributed by atoms with E-state index in [1.165, 1.54) is 60.3 Å². The summed E-state index contributed by atoms with van der Waals surface area (Å²) < 4.78 is 61.9. The maximum Gasteiger partial charge on any atom is 0.350 e. The molecule has 0 saturated carbocycles. The van der Waals surface area contributed by atoms with Crippen LogP contribution in [0, 0.1) is 23.3 Å². The summed E-state index contributed by atoms with van der Waals surface area (Å²) in [6.45, 7) is 35.9. The Hall–Kier alpha value is -8.42. The first-order valence-electron chi connectivity index (χ1n) is 40.2. The van der Waals surface area contributed by atoms with Gasteiger partial charge in [-0.1, -0.05) is 105 Å². The van der Waals surface area contributed by atoms with Crippen LogP contribution in [0.3, 0.4) is 0 Å². The predicted molar refractivity (Wildman–Crippen MR) is 477 cm³/mol. The zero-order valence-electron chi connectivity index (χ0n) is 67.8. The third-order valence-electron chi connectivity index (χ3n) is 22.5. The second kappa shape index (κ2) is 37.9. The highest BCUT2D eigenvalue weighted by atomic mass is 35.5. The highest BCUT2D eigenvalue weighted by Crippen LogP contribution is 2.50. The van der Waals surface area contributed by atoms with Gasteiger partial charge in [-0.15, -0.1) is 35.3 Å². The van der Waals surface area contributed by atoms with Crippen molar-refractivity contribution in [3.63, 3.8) is 0 Å². The summed E-state index contributed by atoms with van der Waals surface area (Å²) in [5.74, 6) is 1.09. The second-order valence-corrected chi connectivity index (χ2v) is 35.9. The molecule has 9 atom stereocenters. The lowest BCUT2D eigenvalue weighted by Gasteiger charge is -2.44. The molecule has 6 aromatic carbocycles. The number of amides is 3. The van der Waals surface area contributed by atoms with E-state index in [0.717, 1.165) is 93.4 Å². The third-order valence-corrected chi connectivity index (χ3v) is 27.4. The van der Waals surface area contributed by atoms with Gasteiger partial charge >= 0.3 is 17.1 Å². The quantitative estimate of drug-likeness (QED) is 0.0538. The summed E-state index contributed by atoms with van der Waals surface area (Å²) in [5.41, 5.74) is 4.69. The summed E-state index contributed by atoms with van der Waals surface area (Å²) in [7, 11) is 0. The molecular weight excluding hydrogens is 1670 g/mol. The molecule has 630 valence electrons. The zero-order valence-corrected chi connectivity index (χ0v) is 73.3. The van der Waals surface area contributed by atoms with Gasteiger partial charge in [0.2, 0.25) is 17.7 Å². The van der Waals surface area contributed by atoms with Gasteiger partial charge in [0.15, 0.2) is 0 Å². The first kappa shape index (κ1) is 88.4. The van der Waals surface area contributed by atoms with Crippen LogP contribution >= 0.6 is 81.7 Å². The van der Waals surface area contributed by atoms with E-state index >= 15 is 4.39 Å². The maximum atomic E-state index is 15.1. The van der Waals surface area contributed by atoms with E-state index in [0.29, 0.717) is 130 Å². The lowest BCUT2D eigenvalue weighted by Crippen LogP contribution is -2.58. The molecule has 9 aromatic rings. The van der Waals surface area contributed by atoms with Crippen LogP contribution in [0.5, 0.6) is 0 Å². The summed E-state index contributed by atoms with van der Waals surface area (Å²) in [5, 5.41) is 14.1. The van der Waals surface area contributed by atoms with Crippen molar-refractivity contribution in [2.75, 3.05) is 90.9 Å². The Labute approximate surface area is 721 Å². The zero-order chi connectivity index (χ0) is 85.3. The molecular formula is C87H97Cl4F4N15O6S3. The van der Waals surface area contributed by atoms with Crippen LogP contribution in [-0.2, 0) is 34.0 Å². The van der Waals surface area contributed by atoms with Crippen LogP contribution in [0.25, 0.3) is 66.1 Å². The minimum absolute atomic E-state index is 0.00435. The Morgan fingerprint density at radius 1 is 0.420 bits per heavy atom. The van der Waals surface area contributed by atoms with Crippen LogP contribution in [0.15, 0.2) is 146 Å². The molecule has 32 heteroatoms. The first-order chi connectivity index (χ1) is 57.0. The summed E-state index contributed by atoms with van der Waals surface area (Å²) >= 11 is 31.8. The van der Waals surface area contributed by atoms with Crippen molar-refractivity contribution in [2.24, 2.45) is 0 Å². The van der Waals surface area contributed by atoms with Crippen molar-refractivity contribution in [2.45, 2.75) is 170 Å². The molecule has 0 bridgehead atoms. The van der Waals surface area contributed by atoms with Crippen molar-refractivity contribution in [1.29, 1.82) is 0 Å². The molecule has 15 rings (SSSR count). The fraction of sp³-hybridized carbons (Fsp3) is 0.414. The molecule has 119 heavy (non-hydrogen) atoms. The van der Waals surface area contributed by atoms with Crippen LogP contribution < -0.4 is 47.7 Å². The summed E-state index contributed by atoms with van der Waals surface area (Å²) in [4.78, 5) is 106. The fourth-order valence-corrected chi connectivity index (χ4v) is 22.6. The molecule has 3 saturated heterocycles. The number of hydrogen-bond donors (Lipinski definition) is 3. The molecule has 21 nitrogen and oxygen atoms in total. The number of nitrogens with one attached hydrogen (secondary N) is 3. The normalized spacial score (nSPS) is 21.1. The number of thioether (sulfide) groups is 3. The van der Waals surface area contributed by atoms with Crippen LogP contribution in [0.2, 0.25) is 20.1 Å². The number of hydrogen-bond acceptors (Lipinski definition) is 18. The number of nitrogens with zero attached hydrogens (tertiary/aromatic N) is 12. The van der Waals surface area contributed by atoms with Gasteiger partial charge in [0, 0.05) is 190 Å². The van der Waals surface area contributed by atoms with Crippen molar-refractivity contribution in [1.82, 2.24) is 59.3 Å². The van der Waals surface area contributed by atoms with E-state index in [1.807, 2.05) is 68.4 Å². The summed E-state index contributed by atoms with van der Waals surface area (Å²) in [6, 6.07) is 19.1. The van der Waals surface area contributed by atoms with E-state index < -0.39 is 23.1 Å². The molecule has 9 heterocycles. The van der Waals surface area contributed by atoms with E-state index in [4.69, 9.17) is 46.4 Å². The van der Waals surface area contributed by atoms with E-state index in [-0.39, 0.29) is 105 Å². The Bertz CT molecular complexity index is 5610. The largest absolute Gasteiger partial charge is 0.352 e. The molecule has 3 unspecified atom stereocenters. The van der Waals surface area contributed by atoms with Gasteiger partial charge < -0.3 is 45.3 Å². The van der Waals surface area contributed by atoms with E-state index in [9.17, 15) is 41.9 Å². The SMILES string of the molecule is C=CC(=O)N1[C@H](C)CN(c2nc(=O)n3c4c(c(-c5ccc(F)c(Cl)c5)c(Cl)cc24)SCC(NCCC)C3)C[C@@H]1C.C=CC(=O)N1[C@H](C)CN(c2nc(=O)n3c4c(c(-c5ccc(F)cc5)c(Cl)cc24)SCC(NCCC)C3)C[C@@H]1C.C=CC(=O)N1[C@H](C)CN(c2nc(=O)n3c4c(c(-c5ccc(F)cc5F)c(Cl)cc24)SCC(NCCC)C3)C[C@@H]1C. The fourth-order valence-electron chi connectivity index (χ4n) is 17.4. The van der Waals surface area contributed by atoms with Gasteiger partial charge in [-0.05, 0) is 164 Å². The minimum atomic E-state index is -0.725. The molecule has 3 amide bonds. The highest BCUT2D eigenvalue weighted by Gasteiger charge is 2.40. The average molecular weight is 1760 g/mol. The number of aromatic nitrogens is 6. The van der Waals surface area contributed by atoms with E-state index in [1.54, 1.807) is 72.5 Å². The minimum Gasteiger partial charge on any atom is -0.352 e. The van der Waals surface area contributed by atoms with Gasteiger partial charge in [-0.2, -0.15) is 15.0 Å². The number of carbonyl (C=O) groups is 3. The number of anilines is 3. The number of rotatable bonds is 18. The number of piperazine rings is 3. The van der Waals surface area contributed by atoms with Crippen molar-refractivity contribution in [3.05, 3.63) is 192 Å². The van der Waals surface area contributed by atoms with Crippen LogP contribution in [0.4, 0.5) is 35.0 Å². The Balaban J connectivity index is 0.000000155. The molecule has 0 radical (unpaired) electrons. The molecule has 6 aliphatic rings. The smallest absolute Gasteiger partial charge is 0.350 e. The molecule has 6 aliphatic heterocycles. The van der Waals surface area contributed by atoms with Gasteiger partial charge in [0.05, 0.1) is 36.6 Å². The lowest BCUT2D eigenvalue weighted by molar-refractivity contribution is -0.131. The summed E-state index contributed by atoms with van der Waals surface area (Å²) in [6.07, 6.45) is 6.88. The van der Waals surface area contributed by atoms with Gasteiger partial charge in [-0.25, -0.2) is 31.9 Å². The first-order valence-corrected chi connectivity index (χ1v) is 44.6. The molecule has 3 fully saturated rings. The molecule has 3 N–H and O–H groups in total. The third kappa shape index (κ3) is 18.1. The predicted octanol–water partition coefficient (Wildman–Crippen LogP) is 15.6. The molecule has 0 spiro atoms. The molecule has 0 aliphatic carbocycles. The van der Waals surface area contributed by atoms with E-state index in [2.05, 4.69) is 81.2 Å². The number of carbonyl (C=O) groups excluding carboxylic acids is 3. The van der Waals surface area contributed by atoms with Crippen LogP contribution in [0.1, 0.15) is 81.6 Å². The van der Waals surface area contributed by atoms with Crippen molar-refractivity contribution >= 4 is 150 Å². The second-order valence-electron chi connectivity index (χ2n) is 31.2. The van der Waals surface area contributed by atoms with Gasteiger partial charge in [0.1, 0.15) is 40.7 Å². The van der Waals surface area contributed by atoms with Gasteiger partial charge in [0.25, 0.3) is 0 Å². The Morgan fingerprint density at radius 3 is 1.07 bits per heavy atom. The highest BCUT2D eigenvalue weighted by molar-refractivity contribution is 8.00. The van der Waals surface area contributed by atoms with Gasteiger partial charge in [-0.3, -0.25) is 28.1 Å². The maximum absolute atomic E-state index is 15.1. The van der Waals surface area contributed by atoms with Crippen molar-refractivity contribution in [3.8, 4) is 33.4 Å². The monoisotopic (exact) mass is 1760 g/mol. The Morgan fingerprint density at radius 2 is 0.739 bits per heavy atom. The van der Waals surface area contributed by atoms with Crippen molar-refractivity contribution < 1.29 is 31.9 Å². The standard InChI is InChI=1S/C29H32Cl2FN5O2S.C29H32ClF2N5O2S.C29H33ClFN5O2S/c1-5-9-33-19-14-36-26-20(11-22(31)25(27(26)40-15-19)18-7-8-23(32)21(30)10-18)28(34-29(36)39)35-12-16(3)37(17(4)13-35)24(38)6-2;1-5-9-33-19-14-36-26-21(11-22(30)25(27(26)40-15-19)20-8-7-18(31)10-23(20)32)28(34-29(36)39)35-12-16(3)37(17(4)13-35)24(38)6-2;1-5-11-32-21-15-35-26-22(12-23(30)25(27(26)39-16-21)19-7-9-20(31)10-8-19)28(33-29(35)38)34-13-17(3)36(18(4)14-34)24(37)6-2/h2*6-8,10-11,16-17,19,33H,2,5,9,12-15H2,1,3-4H3;6-10,12,17-18,21,32H,2,5,11,13-16H2,1,3-4H3/t2*16-,17+,19?;17-,18+,21?. The molecule has 3 aromatic heterocycles. The number of halogens is 8. The topological polar surface area (TPSA) is 211 Å². The van der Waals surface area contributed by atoms with Crippen LogP contribution in [-0.4, -0.2) is 192 Å². The lowest BCUT2D eigenvalue weighted by atomic mass is 10.0.